The molecule has 9 heteroatoms. The van der Waals surface area contributed by atoms with E-state index in [2.05, 4.69) is 26.4 Å². The lowest BCUT2D eigenvalue weighted by Crippen LogP contribution is -2.29. The first-order valence-corrected chi connectivity index (χ1v) is 6.84. The minimum atomic E-state index is -1.22. The van der Waals surface area contributed by atoms with Gasteiger partial charge in [0.2, 0.25) is 6.10 Å². The fraction of sp³-hybridized carbons (Fsp3) is 0.182. The summed E-state index contributed by atoms with van der Waals surface area (Å²) in [6.07, 6.45) is -1.13. The van der Waals surface area contributed by atoms with Crippen molar-refractivity contribution in [2.75, 3.05) is 5.32 Å². The molecule has 0 fully saturated rings. The molecule has 1 aromatic carbocycles. The number of oxime groups is 1. The van der Waals surface area contributed by atoms with Gasteiger partial charge >= 0.3 is 5.97 Å². The fourth-order valence-electron chi connectivity index (χ4n) is 1.51. The summed E-state index contributed by atoms with van der Waals surface area (Å²) < 4.78 is 0.666. The summed E-state index contributed by atoms with van der Waals surface area (Å²) in [6, 6.07) is 3.13. The average Bonchev–Trinajstić information content (AvgIpc) is 2.83. The molecule has 0 aromatic heterocycles. The van der Waals surface area contributed by atoms with Crippen molar-refractivity contribution in [3.05, 3.63) is 26.7 Å². The van der Waals surface area contributed by atoms with Crippen molar-refractivity contribution < 1.29 is 19.5 Å². The number of carboxylic acids is 1. The van der Waals surface area contributed by atoms with Crippen molar-refractivity contribution in [1.29, 1.82) is 0 Å². The number of aliphatic carboxylic acids is 1. The van der Waals surface area contributed by atoms with Crippen LogP contribution in [0.25, 0.3) is 0 Å². The van der Waals surface area contributed by atoms with Crippen molar-refractivity contribution >= 4 is 62.4 Å². The molecule has 106 valence electrons. The van der Waals surface area contributed by atoms with Crippen LogP contribution in [0.1, 0.15) is 6.42 Å². The molecule has 2 N–H and O–H groups in total. The molecule has 0 saturated heterocycles. The molecule has 1 atom stereocenters. The van der Waals surface area contributed by atoms with Gasteiger partial charge in [-0.05, 0) is 12.1 Å². The van der Waals surface area contributed by atoms with Gasteiger partial charge in [0.1, 0.15) is 0 Å². The maximum atomic E-state index is 11.9. The highest BCUT2D eigenvalue weighted by atomic mass is 79.9. The highest BCUT2D eigenvalue weighted by Crippen LogP contribution is 2.34. The predicted molar refractivity (Wildman–Crippen MR) is 77.4 cm³/mol. The van der Waals surface area contributed by atoms with E-state index < -0.39 is 18.0 Å². The van der Waals surface area contributed by atoms with Crippen LogP contribution < -0.4 is 5.32 Å². The number of hydrogen-bond acceptors (Lipinski definition) is 4. The van der Waals surface area contributed by atoms with E-state index in [1.54, 1.807) is 12.1 Å². The number of carbonyl (C=O) groups excluding carboxylic acids is 1. The molecule has 0 saturated carbocycles. The molecule has 6 nitrogen and oxygen atoms in total. The minimum absolute atomic E-state index is 0.118. The van der Waals surface area contributed by atoms with E-state index in [-0.39, 0.29) is 27.9 Å². The number of anilines is 1. The Labute approximate surface area is 131 Å². The second-order valence-electron chi connectivity index (χ2n) is 3.87. The van der Waals surface area contributed by atoms with Gasteiger partial charge in [0, 0.05) is 10.9 Å². The van der Waals surface area contributed by atoms with Gasteiger partial charge in [0.25, 0.3) is 5.91 Å². The molecule has 1 aromatic rings. The molecular weight excluding hydrogens is 375 g/mol. The van der Waals surface area contributed by atoms with Crippen LogP contribution in [0.4, 0.5) is 5.69 Å². The third-order valence-corrected chi connectivity index (χ3v) is 3.52. The van der Waals surface area contributed by atoms with E-state index in [9.17, 15) is 9.59 Å². The van der Waals surface area contributed by atoms with Crippen LogP contribution in [0.2, 0.25) is 10.0 Å². The summed E-state index contributed by atoms with van der Waals surface area (Å²) in [5.41, 5.74) is 0.0204. The van der Waals surface area contributed by atoms with Crippen molar-refractivity contribution in [2.24, 2.45) is 5.16 Å². The normalized spacial score (nSPS) is 17.4. The van der Waals surface area contributed by atoms with Crippen LogP contribution in [-0.2, 0) is 14.4 Å². The highest BCUT2D eigenvalue weighted by Gasteiger charge is 2.32. The van der Waals surface area contributed by atoms with Crippen LogP contribution in [0.5, 0.6) is 0 Å². The Morgan fingerprint density at radius 2 is 2.00 bits per heavy atom. The van der Waals surface area contributed by atoms with E-state index in [0.29, 0.717) is 4.47 Å². The lowest BCUT2D eigenvalue weighted by Gasteiger charge is -2.12. The first kappa shape index (κ1) is 15.1. The molecule has 1 aliphatic rings. The summed E-state index contributed by atoms with van der Waals surface area (Å²) in [5, 5.41) is 15.0. The Morgan fingerprint density at radius 1 is 1.40 bits per heavy atom. The largest absolute Gasteiger partial charge is 0.477 e. The molecule has 1 heterocycles. The molecule has 1 amide bonds. The number of nitrogens with zero attached hydrogens (tertiary/aromatic N) is 1. The maximum absolute atomic E-state index is 11.9. The molecule has 0 radical (unpaired) electrons. The number of hydrogen-bond donors (Lipinski definition) is 2. The minimum Gasteiger partial charge on any atom is -0.477 e. The summed E-state index contributed by atoms with van der Waals surface area (Å²) >= 11 is 15.2. The van der Waals surface area contributed by atoms with E-state index in [1.807, 2.05) is 0 Å². The number of amides is 1. The zero-order chi connectivity index (χ0) is 14.9. The van der Waals surface area contributed by atoms with Gasteiger partial charge in [0.15, 0.2) is 5.71 Å². The third kappa shape index (κ3) is 3.23. The van der Waals surface area contributed by atoms with E-state index in [4.69, 9.17) is 33.1 Å². The van der Waals surface area contributed by atoms with Crippen LogP contribution >= 0.6 is 39.1 Å². The van der Waals surface area contributed by atoms with E-state index >= 15 is 0 Å². The number of benzene rings is 1. The summed E-state index contributed by atoms with van der Waals surface area (Å²) in [6.45, 7) is 0. The molecule has 0 spiro atoms. The Hall–Kier alpha value is -1.31. The first-order valence-electron chi connectivity index (χ1n) is 5.30. The second kappa shape index (κ2) is 5.99. The van der Waals surface area contributed by atoms with Gasteiger partial charge in [-0.2, -0.15) is 0 Å². The van der Waals surface area contributed by atoms with Gasteiger partial charge in [-0.25, -0.2) is 4.79 Å². The lowest BCUT2D eigenvalue weighted by atomic mass is 10.1. The zero-order valence-electron chi connectivity index (χ0n) is 9.69. The Balaban J connectivity index is 2.09. The number of nitrogens with one attached hydrogen (secondary N) is 1. The van der Waals surface area contributed by atoms with Crippen LogP contribution in [-0.4, -0.2) is 28.8 Å². The van der Waals surface area contributed by atoms with Crippen LogP contribution in [0.3, 0.4) is 0 Å². The quantitative estimate of drug-likeness (QED) is 0.842. The number of carboxylic acid groups (broad SMARTS) is 1. The molecule has 1 unspecified atom stereocenters. The van der Waals surface area contributed by atoms with Gasteiger partial charge in [-0.1, -0.05) is 44.3 Å². The van der Waals surface area contributed by atoms with Crippen molar-refractivity contribution in [3.63, 3.8) is 0 Å². The van der Waals surface area contributed by atoms with E-state index in [1.165, 1.54) is 0 Å². The topological polar surface area (TPSA) is 88.0 Å². The monoisotopic (exact) mass is 380 g/mol. The molecule has 1 aliphatic heterocycles. The maximum Gasteiger partial charge on any atom is 0.353 e. The molecule has 0 aliphatic carbocycles. The Bertz CT molecular complexity index is 597. The standard InChI is InChI=1S/C11H7BrCl2N2O4/c12-4-1-5(13)9(6(14)2-4)15-10(17)8-3-7(11(18)19)16-20-8/h1-2,8H,3H2,(H,15,17)(H,18,19). The summed E-state index contributed by atoms with van der Waals surface area (Å²) in [5.74, 6) is -1.80. The number of rotatable bonds is 3. The highest BCUT2D eigenvalue weighted by molar-refractivity contribution is 9.10. The average molecular weight is 382 g/mol. The van der Waals surface area contributed by atoms with Gasteiger partial charge < -0.3 is 15.3 Å². The fourth-order valence-corrected chi connectivity index (χ4v) is 2.81. The van der Waals surface area contributed by atoms with Gasteiger partial charge in [-0.15, -0.1) is 0 Å². The molecule has 0 bridgehead atoms. The predicted octanol–water partition coefficient (Wildman–Crippen LogP) is 2.92. The number of carbonyl (C=O) groups is 2. The third-order valence-electron chi connectivity index (χ3n) is 2.46. The van der Waals surface area contributed by atoms with Crippen molar-refractivity contribution in [2.45, 2.75) is 12.5 Å². The SMILES string of the molecule is O=C(O)C1=NOC(C(=O)Nc2c(Cl)cc(Br)cc2Cl)C1. The molecule has 2 rings (SSSR count). The van der Waals surface area contributed by atoms with Crippen LogP contribution in [0.15, 0.2) is 21.8 Å². The van der Waals surface area contributed by atoms with Crippen molar-refractivity contribution in [3.8, 4) is 0 Å². The molecule has 20 heavy (non-hydrogen) atoms. The first-order chi connectivity index (χ1) is 9.38. The summed E-state index contributed by atoms with van der Waals surface area (Å²) in [4.78, 5) is 27.4. The molecular formula is C11H7BrCl2N2O4. The zero-order valence-corrected chi connectivity index (χ0v) is 12.8. The van der Waals surface area contributed by atoms with E-state index in [0.717, 1.165) is 0 Å². The van der Waals surface area contributed by atoms with Crippen molar-refractivity contribution in [1.82, 2.24) is 0 Å². The van der Waals surface area contributed by atoms with Gasteiger partial charge in [0.05, 0.1) is 15.7 Å². The lowest BCUT2D eigenvalue weighted by molar-refractivity contribution is -0.129. The van der Waals surface area contributed by atoms with Gasteiger partial charge in [-0.3, -0.25) is 4.79 Å². The van der Waals surface area contributed by atoms with Crippen LogP contribution in [0, 0.1) is 0 Å². The Morgan fingerprint density at radius 3 is 2.50 bits per heavy atom. The smallest absolute Gasteiger partial charge is 0.353 e. The summed E-state index contributed by atoms with van der Waals surface area (Å²) in [7, 11) is 0. The Kier molecular flexibility index (Phi) is 4.52. The number of halogens is 3. The second-order valence-corrected chi connectivity index (χ2v) is 5.61.